The van der Waals surface area contributed by atoms with Crippen LogP contribution in [0.3, 0.4) is 0 Å². The van der Waals surface area contributed by atoms with Crippen molar-refractivity contribution in [2.75, 3.05) is 6.61 Å². The molecule has 0 bridgehead atoms. The van der Waals surface area contributed by atoms with Crippen LogP contribution in [0.4, 0.5) is 0 Å². The lowest BCUT2D eigenvalue weighted by atomic mass is 9.87. The van der Waals surface area contributed by atoms with Gasteiger partial charge in [0.05, 0.1) is 4.47 Å². The summed E-state index contributed by atoms with van der Waals surface area (Å²) in [5.41, 5.74) is 2.05. The SMILES string of the molecule is CC[C@@H](C(=O)NC(C)C)N(Cc1ccc(Cl)cc1)C(=O)COc1ccc(C(C)(C)C)cc1Br. The molecule has 0 aliphatic heterocycles. The Hall–Kier alpha value is -2.05. The van der Waals surface area contributed by atoms with Crippen LogP contribution in [0.15, 0.2) is 46.9 Å². The topological polar surface area (TPSA) is 58.6 Å². The van der Waals surface area contributed by atoms with E-state index in [1.807, 2.05) is 51.1 Å². The Labute approximate surface area is 211 Å². The maximum Gasteiger partial charge on any atom is 0.261 e. The number of nitrogens with one attached hydrogen (secondary N) is 1. The van der Waals surface area contributed by atoms with Crippen molar-refractivity contribution in [1.29, 1.82) is 0 Å². The third-order valence-corrected chi connectivity index (χ3v) is 6.10. The first-order chi connectivity index (χ1) is 15.4. The molecule has 7 heteroatoms. The Kier molecular flexibility index (Phi) is 9.80. The predicted molar refractivity (Wildman–Crippen MR) is 138 cm³/mol. The average Bonchev–Trinajstić information content (AvgIpc) is 2.72. The minimum atomic E-state index is -0.606. The minimum Gasteiger partial charge on any atom is -0.483 e. The first-order valence-electron chi connectivity index (χ1n) is 11.2. The molecule has 0 aliphatic carbocycles. The van der Waals surface area contributed by atoms with Crippen LogP contribution in [0.2, 0.25) is 5.02 Å². The van der Waals surface area contributed by atoms with Crippen molar-refractivity contribution in [3.05, 3.63) is 63.1 Å². The highest BCUT2D eigenvalue weighted by atomic mass is 79.9. The molecular weight excluding hydrogens is 504 g/mol. The lowest BCUT2D eigenvalue weighted by Crippen LogP contribution is -2.51. The number of hydrogen-bond acceptors (Lipinski definition) is 3. The van der Waals surface area contributed by atoms with Crippen LogP contribution in [0, 0.1) is 0 Å². The van der Waals surface area contributed by atoms with Crippen molar-refractivity contribution in [3.63, 3.8) is 0 Å². The Morgan fingerprint density at radius 3 is 2.27 bits per heavy atom. The van der Waals surface area contributed by atoms with Gasteiger partial charge in [-0.25, -0.2) is 0 Å². The Bertz CT molecular complexity index is 955. The van der Waals surface area contributed by atoms with E-state index in [4.69, 9.17) is 16.3 Å². The molecule has 0 aliphatic rings. The Balaban J connectivity index is 2.23. The van der Waals surface area contributed by atoms with Crippen molar-refractivity contribution in [1.82, 2.24) is 10.2 Å². The van der Waals surface area contributed by atoms with Gasteiger partial charge in [0.15, 0.2) is 6.61 Å². The number of carbonyl (C=O) groups is 2. The molecule has 0 radical (unpaired) electrons. The molecule has 0 spiro atoms. The number of benzene rings is 2. The number of ether oxygens (including phenoxy) is 1. The van der Waals surface area contributed by atoms with Crippen LogP contribution in [-0.4, -0.2) is 35.4 Å². The molecule has 33 heavy (non-hydrogen) atoms. The molecule has 2 aromatic carbocycles. The number of halogens is 2. The van der Waals surface area contributed by atoms with E-state index in [1.54, 1.807) is 17.0 Å². The van der Waals surface area contributed by atoms with Gasteiger partial charge in [0.1, 0.15) is 11.8 Å². The van der Waals surface area contributed by atoms with Gasteiger partial charge in [0.2, 0.25) is 5.91 Å². The molecule has 180 valence electrons. The van der Waals surface area contributed by atoms with Crippen LogP contribution in [0.1, 0.15) is 59.1 Å². The molecule has 0 saturated carbocycles. The standard InChI is InChI=1S/C26H34BrClN2O3/c1-7-22(25(32)29-17(2)3)30(15-18-8-11-20(28)12-9-18)24(31)16-33-23-13-10-19(14-21(23)27)26(4,5)6/h8-14,17,22H,7,15-16H2,1-6H3,(H,29,32)/t22-/m0/s1. The fraction of sp³-hybridized carbons (Fsp3) is 0.462. The molecule has 0 heterocycles. The van der Waals surface area contributed by atoms with E-state index < -0.39 is 6.04 Å². The van der Waals surface area contributed by atoms with E-state index in [1.165, 1.54) is 0 Å². The normalized spacial score (nSPS) is 12.4. The lowest BCUT2D eigenvalue weighted by molar-refractivity contribution is -0.143. The van der Waals surface area contributed by atoms with Gasteiger partial charge in [-0.05, 0) is 77.0 Å². The van der Waals surface area contributed by atoms with E-state index in [2.05, 4.69) is 42.0 Å². The van der Waals surface area contributed by atoms with Gasteiger partial charge in [0, 0.05) is 17.6 Å². The van der Waals surface area contributed by atoms with Crippen LogP contribution in [0.5, 0.6) is 5.75 Å². The summed E-state index contributed by atoms with van der Waals surface area (Å²) in [4.78, 5) is 27.7. The molecule has 1 N–H and O–H groups in total. The maximum absolute atomic E-state index is 13.3. The summed E-state index contributed by atoms with van der Waals surface area (Å²) in [6, 6.07) is 12.5. The lowest BCUT2D eigenvalue weighted by Gasteiger charge is -2.31. The molecule has 0 unspecified atom stereocenters. The van der Waals surface area contributed by atoms with Gasteiger partial charge in [-0.3, -0.25) is 9.59 Å². The highest BCUT2D eigenvalue weighted by Crippen LogP contribution is 2.31. The molecule has 0 saturated heterocycles. The number of hydrogen-bond donors (Lipinski definition) is 1. The van der Waals surface area contributed by atoms with Crippen LogP contribution in [-0.2, 0) is 21.5 Å². The zero-order valence-corrected chi connectivity index (χ0v) is 22.6. The highest BCUT2D eigenvalue weighted by molar-refractivity contribution is 9.10. The van der Waals surface area contributed by atoms with Crippen molar-refractivity contribution in [2.45, 2.75) is 72.0 Å². The van der Waals surface area contributed by atoms with Crippen molar-refractivity contribution in [3.8, 4) is 5.75 Å². The van der Waals surface area contributed by atoms with Crippen LogP contribution >= 0.6 is 27.5 Å². The number of rotatable bonds is 9. The molecular formula is C26H34BrClN2O3. The zero-order valence-electron chi connectivity index (χ0n) is 20.2. The smallest absolute Gasteiger partial charge is 0.261 e. The summed E-state index contributed by atoms with van der Waals surface area (Å²) in [5.74, 6) is 0.149. The molecule has 5 nitrogen and oxygen atoms in total. The summed E-state index contributed by atoms with van der Waals surface area (Å²) in [6.07, 6.45) is 0.488. The summed E-state index contributed by atoms with van der Waals surface area (Å²) < 4.78 is 6.66. The van der Waals surface area contributed by atoms with E-state index in [9.17, 15) is 9.59 Å². The van der Waals surface area contributed by atoms with Gasteiger partial charge in [-0.1, -0.05) is 57.5 Å². The van der Waals surface area contributed by atoms with Crippen LogP contribution < -0.4 is 10.1 Å². The zero-order chi connectivity index (χ0) is 24.8. The predicted octanol–water partition coefficient (Wildman–Crippen LogP) is 6.11. The number of nitrogens with zero attached hydrogens (tertiary/aromatic N) is 1. The van der Waals surface area contributed by atoms with Gasteiger partial charge < -0.3 is 15.0 Å². The average molecular weight is 538 g/mol. The van der Waals surface area contributed by atoms with Gasteiger partial charge >= 0.3 is 0 Å². The monoisotopic (exact) mass is 536 g/mol. The summed E-state index contributed by atoms with van der Waals surface area (Å²) in [5, 5.41) is 3.54. The summed E-state index contributed by atoms with van der Waals surface area (Å²) in [6.45, 7) is 12.2. The van der Waals surface area contributed by atoms with E-state index >= 15 is 0 Å². The fourth-order valence-corrected chi connectivity index (χ4v) is 4.01. The summed E-state index contributed by atoms with van der Waals surface area (Å²) in [7, 11) is 0. The minimum absolute atomic E-state index is 0.00434. The summed E-state index contributed by atoms with van der Waals surface area (Å²) >= 11 is 9.56. The quantitative estimate of drug-likeness (QED) is 0.420. The van der Waals surface area contributed by atoms with Crippen LogP contribution in [0.25, 0.3) is 0 Å². The Morgan fingerprint density at radius 1 is 1.12 bits per heavy atom. The highest BCUT2D eigenvalue weighted by Gasteiger charge is 2.29. The maximum atomic E-state index is 13.3. The molecule has 0 aromatic heterocycles. The van der Waals surface area contributed by atoms with Crippen molar-refractivity contribution >= 4 is 39.3 Å². The molecule has 2 amide bonds. The fourth-order valence-electron chi connectivity index (χ4n) is 3.39. The van der Waals surface area contributed by atoms with Crippen molar-refractivity contribution < 1.29 is 14.3 Å². The third-order valence-electron chi connectivity index (χ3n) is 5.23. The van der Waals surface area contributed by atoms with Gasteiger partial charge in [-0.15, -0.1) is 0 Å². The van der Waals surface area contributed by atoms with E-state index in [0.29, 0.717) is 17.2 Å². The largest absolute Gasteiger partial charge is 0.483 e. The molecule has 2 aromatic rings. The third kappa shape index (κ3) is 8.04. The van der Waals surface area contributed by atoms with Gasteiger partial charge in [0.25, 0.3) is 5.91 Å². The second-order valence-electron chi connectivity index (χ2n) is 9.42. The number of amides is 2. The Morgan fingerprint density at radius 2 is 1.76 bits per heavy atom. The second-order valence-corrected chi connectivity index (χ2v) is 10.7. The van der Waals surface area contributed by atoms with E-state index in [0.717, 1.165) is 15.6 Å². The first kappa shape index (κ1) is 27.2. The molecule has 1 atom stereocenters. The van der Waals surface area contributed by atoms with Crippen molar-refractivity contribution in [2.24, 2.45) is 0 Å². The number of carbonyl (C=O) groups excluding carboxylic acids is 2. The van der Waals surface area contributed by atoms with E-state index in [-0.39, 0.29) is 36.4 Å². The second kappa shape index (κ2) is 11.9. The molecule has 0 fully saturated rings. The van der Waals surface area contributed by atoms with Gasteiger partial charge in [-0.2, -0.15) is 0 Å². The first-order valence-corrected chi connectivity index (χ1v) is 12.4. The molecule has 2 rings (SSSR count).